The molecule has 0 radical (unpaired) electrons. The van der Waals surface area contributed by atoms with E-state index in [9.17, 15) is 4.79 Å². The van der Waals surface area contributed by atoms with Gasteiger partial charge in [0.25, 0.3) is 5.91 Å². The monoisotopic (exact) mass is 376 g/mol. The summed E-state index contributed by atoms with van der Waals surface area (Å²) in [4.78, 5) is 23.2. The molecule has 0 fully saturated rings. The van der Waals surface area contributed by atoms with Crippen molar-refractivity contribution in [3.63, 3.8) is 0 Å². The van der Waals surface area contributed by atoms with Crippen LogP contribution in [0.5, 0.6) is 5.75 Å². The first-order chi connectivity index (χ1) is 13.6. The number of nitrogens with zero attached hydrogens (tertiary/aromatic N) is 3. The van der Waals surface area contributed by atoms with E-state index in [4.69, 9.17) is 4.74 Å². The molecule has 0 saturated carbocycles. The second-order valence-corrected chi connectivity index (χ2v) is 6.50. The van der Waals surface area contributed by atoms with Crippen molar-refractivity contribution in [1.82, 2.24) is 14.9 Å². The van der Waals surface area contributed by atoms with Crippen LogP contribution < -0.4 is 10.1 Å². The maximum absolute atomic E-state index is 12.8. The minimum Gasteiger partial charge on any atom is -0.496 e. The first kappa shape index (κ1) is 19.4. The van der Waals surface area contributed by atoms with Gasteiger partial charge in [-0.2, -0.15) is 0 Å². The van der Waals surface area contributed by atoms with Crippen molar-refractivity contribution in [2.24, 2.45) is 0 Å². The van der Waals surface area contributed by atoms with Crippen LogP contribution in [-0.2, 0) is 13.1 Å². The maximum Gasteiger partial charge on any atom is 0.272 e. The lowest BCUT2D eigenvalue weighted by Crippen LogP contribution is -2.27. The fourth-order valence-corrected chi connectivity index (χ4v) is 2.93. The Morgan fingerprint density at radius 2 is 1.79 bits per heavy atom. The topological polar surface area (TPSA) is 67.3 Å². The van der Waals surface area contributed by atoms with E-state index in [1.807, 2.05) is 54.6 Å². The number of carbonyl (C=O) groups excluding carboxylic acids is 1. The molecule has 6 nitrogen and oxygen atoms in total. The van der Waals surface area contributed by atoms with Crippen molar-refractivity contribution in [2.75, 3.05) is 19.5 Å². The fourth-order valence-electron chi connectivity index (χ4n) is 2.93. The smallest absolute Gasteiger partial charge is 0.272 e. The predicted octanol–water partition coefficient (Wildman–Crippen LogP) is 3.68. The average Bonchev–Trinajstić information content (AvgIpc) is 2.72. The van der Waals surface area contributed by atoms with Gasteiger partial charge in [-0.05, 0) is 18.6 Å². The molecule has 144 valence electrons. The van der Waals surface area contributed by atoms with Crippen LogP contribution in [0.4, 0.5) is 5.82 Å². The Kier molecular flexibility index (Phi) is 6.22. The van der Waals surface area contributed by atoms with E-state index in [2.05, 4.69) is 15.3 Å². The van der Waals surface area contributed by atoms with Gasteiger partial charge >= 0.3 is 0 Å². The number of aromatic nitrogens is 2. The molecule has 0 bridgehead atoms. The molecule has 0 aliphatic carbocycles. The van der Waals surface area contributed by atoms with Crippen LogP contribution in [0, 0.1) is 6.92 Å². The highest BCUT2D eigenvalue weighted by molar-refractivity contribution is 5.92. The zero-order valence-corrected chi connectivity index (χ0v) is 16.3. The number of para-hydroxylation sites is 1. The molecule has 3 rings (SSSR count). The summed E-state index contributed by atoms with van der Waals surface area (Å²) >= 11 is 0. The number of benzene rings is 2. The van der Waals surface area contributed by atoms with Gasteiger partial charge in [-0.1, -0.05) is 48.5 Å². The Balaban J connectivity index is 1.72. The highest BCUT2D eigenvalue weighted by atomic mass is 16.5. The van der Waals surface area contributed by atoms with Gasteiger partial charge in [0.2, 0.25) is 0 Å². The molecule has 1 heterocycles. The number of rotatable bonds is 7. The number of amides is 1. The van der Waals surface area contributed by atoms with Crippen molar-refractivity contribution in [1.29, 1.82) is 0 Å². The van der Waals surface area contributed by atoms with Crippen molar-refractivity contribution in [3.8, 4) is 5.75 Å². The highest BCUT2D eigenvalue weighted by Gasteiger charge is 2.16. The number of methoxy groups -OCH3 is 1. The van der Waals surface area contributed by atoms with Gasteiger partial charge in [-0.3, -0.25) is 4.79 Å². The molecular weight excluding hydrogens is 352 g/mol. The number of carbonyl (C=O) groups is 1. The zero-order chi connectivity index (χ0) is 19.9. The van der Waals surface area contributed by atoms with E-state index < -0.39 is 0 Å². The van der Waals surface area contributed by atoms with Crippen molar-refractivity contribution in [2.45, 2.75) is 20.0 Å². The van der Waals surface area contributed by atoms with Crippen LogP contribution >= 0.6 is 0 Å². The first-order valence-corrected chi connectivity index (χ1v) is 9.07. The SMILES string of the molecule is COc1ccccc1CNc1cc(C(=O)N(C)Cc2ccccc2)nc(C)n1. The van der Waals surface area contributed by atoms with E-state index in [0.717, 1.165) is 16.9 Å². The zero-order valence-electron chi connectivity index (χ0n) is 16.3. The van der Waals surface area contributed by atoms with Crippen LogP contribution in [0.3, 0.4) is 0 Å². The Hall–Kier alpha value is -3.41. The summed E-state index contributed by atoms with van der Waals surface area (Å²) in [6.45, 7) is 2.84. The van der Waals surface area contributed by atoms with E-state index >= 15 is 0 Å². The quantitative estimate of drug-likeness (QED) is 0.681. The van der Waals surface area contributed by atoms with Crippen LogP contribution in [0.15, 0.2) is 60.7 Å². The van der Waals surface area contributed by atoms with Gasteiger partial charge in [0.05, 0.1) is 7.11 Å². The molecule has 3 aromatic rings. The van der Waals surface area contributed by atoms with Gasteiger partial charge < -0.3 is 15.0 Å². The van der Waals surface area contributed by atoms with E-state index in [1.54, 1.807) is 32.0 Å². The number of hydrogen-bond donors (Lipinski definition) is 1. The van der Waals surface area contributed by atoms with Crippen molar-refractivity contribution >= 4 is 11.7 Å². The standard InChI is InChI=1S/C22H24N4O2/c1-16-24-19(22(27)26(2)15-17-9-5-4-6-10-17)13-21(25-16)23-14-18-11-7-8-12-20(18)28-3/h4-13H,14-15H2,1-3H3,(H,23,24,25). The number of anilines is 1. The predicted molar refractivity (Wildman–Crippen MR) is 109 cm³/mol. The minimum atomic E-state index is -0.144. The third kappa shape index (κ3) is 4.85. The molecule has 1 aromatic heterocycles. The molecule has 0 spiro atoms. The number of nitrogens with one attached hydrogen (secondary N) is 1. The normalized spacial score (nSPS) is 10.4. The first-order valence-electron chi connectivity index (χ1n) is 9.07. The molecule has 0 unspecified atom stereocenters. The number of aryl methyl sites for hydroxylation is 1. The van der Waals surface area contributed by atoms with Crippen molar-refractivity contribution < 1.29 is 9.53 Å². The van der Waals surface area contributed by atoms with E-state index in [0.29, 0.717) is 30.4 Å². The fraction of sp³-hybridized carbons (Fsp3) is 0.227. The molecule has 0 atom stereocenters. The maximum atomic E-state index is 12.8. The lowest BCUT2D eigenvalue weighted by Gasteiger charge is -2.17. The summed E-state index contributed by atoms with van der Waals surface area (Å²) in [5, 5.41) is 3.26. The molecule has 6 heteroatoms. The molecular formula is C22H24N4O2. The summed E-state index contributed by atoms with van der Waals surface area (Å²) in [6.07, 6.45) is 0. The molecule has 0 aliphatic heterocycles. The van der Waals surface area contributed by atoms with Crippen LogP contribution in [0.25, 0.3) is 0 Å². The second kappa shape index (κ2) is 8.99. The van der Waals surface area contributed by atoms with Crippen LogP contribution in [-0.4, -0.2) is 34.9 Å². The lowest BCUT2D eigenvalue weighted by molar-refractivity contribution is 0.0779. The largest absolute Gasteiger partial charge is 0.496 e. The van der Waals surface area contributed by atoms with Gasteiger partial charge in [0.15, 0.2) is 0 Å². The van der Waals surface area contributed by atoms with Gasteiger partial charge in [-0.25, -0.2) is 9.97 Å². The van der Waals surface area contributed by atoms with E-state index in [-0.39, 0.29) is 5.91 Å². The average molecular weight is 376 g/mol. The minimum absolute atomic E-state index is 0.144. The summed E-state index contributed by atoms with van der Waals surface area (Å²) in [5.74, 6) is 1.81. The van der Waals surface area contributed by atoms with Crippen LogP contribution in [0.1, 0.15) is 27.4 Å². The number of hydrogen-bond acceptors (Lipinski definition) is 5. The van der Waals surface area contributed by atoms with Crippen molar-refractivity contribution in [3.05, 3.63) is 83.3 Å². The Morgan fingerprint density at radius 3 is 2.54 bits per heavy atom. The third-order valence-corrected chi connectivity index (χ3v) is 4.32. The van der Waals surface area contributed by atoms with Gasteiger partial charge in [0.1, 0.15) is 23.1 Å². The summed E-state index contributed by atoms with van der Waals surface area (Å²) < 4.78 is 5.37. The third-order valence-electron chi connectivity index (χ3n) is 4.32. The molecule has 28 heavy (non-hydrogen) atoms. The van der Waals surface area contributed by atoms with E-state index in [1.165, 1.54) is 0 Å². The molecule has 2 aromatic carbocycles. The second-order valence-electron chi connectivity index (χ2n) is 6.50. The highest BCUT2D eigenvalue weighted by Crippen LogP contribution is 2.19. The lowest BCUT2D eigenvalue weighted by atomic mass is 10.2. The molecule has 0 saturated heterocycles. The summed E-state index contributed by atoms with van der Waals surface area (Å²) in [7, 11) is 3.42. The Bertz CT molecular complexity index is 944. The van der Waals surface area contributed by atoms with Gasteiger partial charge in [0, 0.05) is 31.8 Å². The van der Waals surface area contributed by atoms with Gasteiger partial charge in [-0.15, -0.1) is 0 Å². The molecule has 0 aliphatic rings. The number of ether oxygens (including phenoxy) is 1. The summed E-state index contributed by atoms with van der Waals surface area (Å²) in [6, 6.07) is 19.3. The summed E-state index contributed by atoms with van der Waals surface area (Å²) in [5.41, 5.74) is 2.45. The Morgan fingerprint density at radius 1 is 1.07 bits per heavy atom. The molecule has 1 amide bonds. The molecule has 1 N–H and O–H groups in total. The van der Waals surface area contributed by atoms with Crippen LogP contribution in [0.2, 0.25) is 0 Å². The Labute approximate surface area is 165 Å².